The van der Waals surface area contributed by atoms with Crippen LogP contribution in [0.5, 0.6) is 0 Å². The van der Waals surface area contributed by atoms with Gasteiger partial charge in [0.15, 0.2) is 0 Å². The third kappa shape index (κ3) is 5.42. The summed E-state index contributed by atoms with van der Waals surface area (Å²) in [7, 11) is -1.73. The summed E-state index contributed by atoms with van der Waals surface area (Å²) in [6.45, 7) is 7.34. The lowest BCUT2D eigenvalue weighted by molar-refractivity contribution is -0.121. The van der Waals surface area contributed by atoms with Gasteiger partial charge in [-0.3, -0.25) is 9.59 Å². The first-order chi connectivity index (χ1) is 17.5. The van der Waals surface area contributed by atoms with Crippen LogP contribution in [0.15, 0.2) is 39.6 Å². The van der Waals surface area contributed by atoms with Gasteiger partial charge in [0.25, 0.3) is 11.8 Å². The van der Waals surface area contributed by atoms with Gasteiger partial charge < -0.3 is 19.4 Å². The van der Waals surface area contributed by atoms with Gasteiger partial charge >= 0.3 is 0 Å². The molecule has 1 unspecified atom stereocenters. The fraction of sp³-hybridized carbons (Fsp3) is 0.500. The van der Waals surface area contributed by atoms with Crippen molar-refractivity contribution in [1.82, 2.24) is 9.62 Å². The first kappa shape index (κ1) is 26.9. The van der Waals surface area contributed by atoms with E-state index in [1.54, 1.807) is 25.3 Å². The number of fused-ring (bicyclic) bond motifs is 1. The van der Waals surface area contributed by atoms with Crippen LogP contribution in [0, 0.1) is 12.8 Å². The molecule has 10 nitrogen and oxygen atoms in total. The first-order valence-corrected chi connectivity index (χ1v) is 14.3. The lowest BCUT2D eigenvalue weighted by atomic mass is 9.97. The quantitative estimate of drug-likeness (QED) is 0.557. The van der Waals surface area contributed by atoms with Gasteiger partial charge in [0, 0.05) is 55.1 Å². The summed E-state index contributed by atoms with van der Waals surface area (Å²) in [6, 6.07) is 3.84. The van der Waals surface area contributed by atoms with Crippen LogP contribution in [0.3, 0.4) is 0 Å². The van der Waals surface area contributed by atoms with E-state index in [-0.39, 0.29) is 24.4 Å². The molecule has 0 bridgehead atoms. The van der Waals surface area contributed by atoms with Gasteiger partial charge in [-0.2, -0.15) is 0 Å². The fourth-order valence-corrected chi connectivity index (χ4v) is 6.16. The SMILES string of the molecule is CCN(c1cc2occc2c(C(=O)NCC2C(=O)N=C(C)C=C2OC)c1C)C1CCN(S(C)(=O)=O)CC1. The number of dihydropyridines is 1. The average molecular weight is 531 g/mol. The van der Waals surface area contributed by atoms with Crippen LogP contribution in [0.4, 0.5) is 5.69 Å². The summed E-state index contributed by atoms with van der Waals surface area (Å²) in [5.74, 6) is -0.889. The minimum absolute atomic E-state index is 0.0541. The molecule has 1 aromatic carbocycles. The van der Waals surface area contributed by atoms with E-state index in [1.807, 2.05) is 19.9 Å². The predicted octanol–water partition coefficient (Wildman–Crippen LogP) is 2.87. The van der Waals surface area contributed by atoms with Gasteiger partial charge in [0.1, 0.15) is 17.3 Å². The highest BCUT2D eigenvalue weighted by Gasteiger charge is 2.31. The number of hydrogen-bond donors (Lipinski definition) is 1. The minimum Gasteiger partial charge on any atom is -0.500 e. The molecule has 2 aromatic rings. The van der Waals surface area contributed by atoms with Crippen molar-refractivity contribution >= 4 is 44.2 Å². The van der Waals surface area contributed by atoms with Crippen molar-refractivity contribution in [1.29, 1.82) is 0 Å². The highest BCUT2D eigenvalue weighted by molar-refractivity contribution is 7.88. The van der Waals surface area contributed by atoms with Crippen LogP contribution in [-0.4, -0.2) is 75.8 Å². The standard InChI is InChI=1S/C26H34N4O6S/c1-6-30(18-7-10-29(11-8-18)37(5,33)34)21-14-23-19(9-12-36-23)24(17(21)3)26(32)27-15-20-22(35-4)13-16(2)28-25(20)31/h9,12-14,18,20H,6-8,10-11,15H2,1-5H3,(H,27,32). The Balaban J connectivity index is 1.61. The van der Waals surface area contributed by atoms with E-state index in [4.69, 9.17) is 9.15 Å². The Morgan fingerprint density at radius 1 is 1.30 bits per heavy atom. The van der Waals surface area contributed by atoms with Crippen molar-refractivity contribution in [3.63, 3.8) is 0 Å². The van der Waals surface area contributed by atoms with E-state index in [1.165, 1.54) is 17.7 Å². The molecule has 0 saturated carbocycles. The smallest absolute Gasteiger partial charge is 0.258 e. The lowest BCUT2D eigenvalue weighted by Crippen LogP contribution is -2.46. The summed E-state index contributed by atoms with van der Waals surface area (Å²) in [4.78, 5) is 32.2. The predicted molar refractivity (Wildman–Crippen MR) is 142 cm³/mol. The topological polar surface area (TPSA) is 122 Å². The highest BCUT2D eigenvalue weighted by atomic mass is 32.2. The summed E-state index contributed by atoms with van der Waals surface area (Å²) in [5.41, 5.74) is 3.31. The number of carbonyl (C=O) groups excluding carboxylic acids is 2. The lowest BCUT2D eigenvalue weighted by Gasteiger charge is -2.39. The minimum atomic E-state index is -3.22. The zero-order valence-corrected chi connectivity index (χ0v) is 22.7. The fourth-order valence-electron chi connectivity index (χ4n) is 5.29. The Bertz CT molecular complexity index is 1370. The maximum atomic E-state index is 13.5. The van der Waals surface area contributed by atoms with E-state index in [0.717, 1.165) is 11.3 Å². The average Bonchev–Trinajstić information content (AvgIpc) is 3.31. The molecule has 0 spiro atoms. The normalized spacial score (nSPS) is 19.5. The highest BCUT2D eigenvalue weighted by Crippen LogP contribution is 2.35. The number of sulfonamides is 1. The molecule has 1 saturated heterocycles. The molecular weight excluding hydrogens is 496 g/mol. The third-order valence-electron chi connectivity index (χ3n) is 7.18. The summed E-state index contributed by atoms with van der Waals surface area (Å²) >= 11 is 0. The van der Waals surface area contributed by atoms with Crippen molar-refractivity contribution in [2.75, 3.05) is 44.4 Å². The van der Waals surface area contributed by atoms with Crippen molar-refractivity contribution in [2.24, 2.45) is 10.9 Å². The second-order valence-corrected chi connectivity index (χ2v) is 11.5. The summed E-state index contributed by atoms with van der Waals surface area (Å²) in [6.07, 6.45) is 5.87. The monoisotopic (exact) mass is 530 g/mol. The van der Waals surface area contributed by atoms with E-state index < -0.39 is 15.9 Å². The third-order valence-corrected chi connectivity index (χ3v) is 8.49. The van der Waals surface area contributed by atoms with Crippen LogP contribution in [-0.2, 0) is 19.6 Å². The number of methoxy groups -OCH3 is 1. The number of amides is 2. The number of nitrogens with zero attached hydrogens (tertiary/aromatic N) is 3. The Hall–Kier alpha value is -3.18. The maximum Gasteiger partial charge on any atom is 0.258 e. The number of carbonyl (C=O) groups is 2. The molecule has 37 heavy (non-hydrogen) atoms. The molecule has 1 fully saturated rings. The molecule has 3 heterocycles. The number of ether oxygens (including phenoxy) is 1. The van der Waals surface area contributed by atoms with Crippen LogP contribution < -0.4 is 10.2 Å². The van der Waals surface area contributed by atoms with Gasteiger partial charge in [-0.05, 0) is 51.3 Å². The zero-order valence-electron chi connectivity index (χ0n) is 21.9. The van der Waals surface area contributed by atoms with Crippen molar-refractivity contribution in [3.05, 3.63) is 41.4 Å². The maximum absolute atomic E-state index is 13.5. The van der Waals surface area contributed by atoms with Crippen molar-refractivity contribution in [2.45, 2.75) is 39.7 Å². The number of anilines is 1. The van der Waals surface area contributed by atoms with Crippen LogP contribution >= 0.6 is 0 Å². The number of hydrogen-bond acceptors (Lipinski definition) is 7. The number of aliphatic imine (C=N–C) groups is 1. The molecule has 2 aliphatic rings. The Kier molecular flexibility index (Phi) is 7.75. The second kappa shape index (κ2) is 10.7. The largest absolute Gasteiger partial charge is 0.500 e. The molecule has 200 valence electrons. The Labute approximate surface area is 217 Å². The number of furan rings is 1. The molecule has 11 heteroatoms. The second-order valence-electron chi connectivity index (χ2n) is 9.51. The van der Waals surface area contributed by atoms with Crippen molar-refractivity contribution in [3.8, 4) is 0 Å². The van der Waals surface area contributed by atoms with Crippen LogP contribution in [0.25, 0.3) is 11.0 Å². The number of rotatable bonds is 8. The van der Waals surface area contributed by atoms with Crippen LogP contribution in [0.1, 0.15) is 42.6 Å². The van der Waals surface area contributed by atoms with Gasteiger partial charge in [-0.15, -0.1) is 0 Å². The van der Waals surface area contributed by atoms with Gasteiger partial charge in [-0.1, -0.05) is 0 Å². The number of benzene rings is 1. The molecular formula is C26H34N4O6S. The summed E-state index contributed by atoms with van der Waals surface area (Å²) in [5, 5.41) is 3.59. The van der Waals surface area contributed by atoms with Gasteiger partial charge in [0.2, 0.25) is 10.0 Å². The van der Waals surface area contributed by atoms with Gasteiger partial charge in [-0.25, -0.2) is 17.7 Å². The molecule has 2 aliphatic heterocycles. The number of nitrogens with one attached hydrogen (secondary N) is 1. The first-order valence-electron chi connectivity index (χ1n) is 12.4. The van der Waals surface area contributed by atoms with E-state index in [2.05, 4.69) is 15.2 Å². The van der Waals surface area contributed by atoms with E-state index in [9.17, 15) is 18.0 Å². The molecule has 1 atom stereocenters. The van der Waals surface area contributed by atoms with E-state index in [0.29, 0.717) is 60.5 Å². The number of piperidine rings is 1. The molecule has 4 rings (SSSR count). The molecule has 1 N–H and O–H groups in total. The van der Waals surface area contributed by atoms with E-state index >= 15 is 0 Å². The number of allylic oxidation sites excluding steroid dienone is 1. The zero-order chi connectivity index (χ0) is 26.9. The molecule has 2 amide bonds. The van der Waals surface area contributed by atoms with Crippen molar-refractivity contribution < 1.29 is 27.2 Å². The Morgan fingerprint density at radius 2 is 2.00 bits per heavy atom. The van der Waals surface area contributed by atoms with Gasteiger partial charge in [0.05, 0.1) is 25.2 Å². The summed E-state index contributed by atoms with van der Waals surface area (Å²) < 4.78 is 36.5. The van der Waals surface area contributed by atoms with Crippen LogP contribution in [0.2, 0.25) is 0 Å². The molecule has 0 radical (unpaired) electrons. The Morgan fingerprint density at radius 3 is 2.62 bits per heavy atom. The molecule has 1 aromatic heterocycles. The molecule has 0 aliphatic carbocycles.